The van der Waals surface area contributed by atoms with E-state index >= 15 is 0 Å². The molecule has 0 fully saturated rings. The highest BCUT2D eigenvalue weighted by atomic mass is 32.1. The zero-order chi connectivity index (χ0) is 24.4. The Morgan fingerprint density at radius 2 is 1.85 bits per heavy atom. The predicted molar refractivity (Wildman–Crippen MR) is 128 cm³/mol. The molecule has 0 bridgehead atoms. The molecule has 0 radical (unpaired) electrons. The minimum atomic E-state index is -1.08. The van der Waals surface area contributed by atoms with Gasteiger partial charge in [0.1, 0.15) is 10.6 Å². The Bertz CT molecular complexity index is 1500. The Balaban J connectivity index is 1.63. The summed E-state index contributed by atoms with van der Waals surface area (Å²) in [5.74, 6) is -0.730. The van der Waals surface area contributed by atoms with E-state index < -0.39 is 23.3 Å². The molecule has 0 aliphatic carbocycles. The van der Waals surface area contributed by atoms with Crippen molar-refractivity contribution in [1.82, 2.24) is 14.9 Å². The van der Waals surface area contributed by atoms with E-state index in [9.17, 15) is 19.2 Å². The summed E-state index contributed by atoms with van der Waals surface area (Å²) < 4.78 is 6.15. The van der Waals surface area contributed by atoms with Crippen molar-refractivity contribution in [2.24, 2.45) is 0 Å². The molecule has 2 aromatic carbocycles. The van der Waals surface area contributed by atoms with Crippen LogP contribution in [0.1, 0.15) is 43.4 Å². The zero-order valence-corrected chi connectivity index (χ0v) is 19.1. The van der Waals surface area contributed by atoms with E-state index in [1.54, 1.807) is 32.2 Å². The first-order chi connectivity index (χ1) is 16.3. The van der Waals surface area contributed by atoms with Crippen molar-refractivity contribution >= 4 is 34.1 Å². The van der Waals surface area contributed by atoms with Gasteiger partial charge in [0, 0.05) is 17.0 Å². The van der Waals surface area contributed by atoms with Crippen molar-refractivity contribution in [3.05, 3.63) is 96.3 Å². The molecule has 174 valence electrons. The molecule has 10 heteroatoms. The van der Waals surface area contributed by atoms with Crippen molar-refractivity contribution in [1.29, 1.82) is 0 Å². The second kappa shape index (κ2) is 9.36. The first-order valence-electron chi connectivity index (χ1n) is 10.3. The van der Waals surface area contributed by atoms with Crippen LogP contribution in [0.5, 0.6) is 5.75 Å². The Hall–Kier alpha value is -4.18. The number of carboxylic acid groups (broad SMARTS) is 1. The molecule has 0 saturated heterocycles. The first kappa shape index (κ1) is 23.0. The SMILES string of the molecule is COc1ccc(CNC(=O)c2ccc3[nH]c(=O)n(C(C)c4ccc(C(=O)O)s4)c(=O)c3c2)cc1. The summed E-state index contributed by atoms with van der Waals surface area (Å²) in [6, 6.07) is 14.1. The van der Waals surface area contributed by atoms with Gasteiger partial charge >= 0.3 is 11.7 Å². The minimum absolute atomic E-state index is 0.114. The lowest BCUT2D eigenvalue weighted by Crippen LogP contribution is -2.37. The average Bonchev–Trinajstić information content (AvgIpc) is 3.33. The molecule has 0 aliphatic rings. The van der Waals surface area contributed by atoms with E-state index in [2.05, 4.69) is 10.3 Å². The van der Waals surface area contributed by atoms with Gasteiger partial charge in [-0.1, -0.05) is 12.1 Å². The second-order valence-electron chi connectivity index (χ2n) is 7.58. The van der Waals surface area contributed by atoms with Gasteiger partial charge in [-0.25, -0.2) is 9.59 Å². The highest BCUT2D eigenvalue weighted by molar-refractivity contribution is 7.14. The number of carbonyl (C=O) groups excluding carboxylic acids is 1. The van der Waals surface area contributed by atoms with Crippen LogP contribution in [0.15, 0.2) is 64.2 Å². The summed E-state index contributed by atoms with van der Waals surface area (Å²) >= 11 is 0.998. The highest BCUT2D eigenvalue weighted by Gasteiger charge is 2.19. The molecule has 0 aliphatic heterocycles. The molecule has 0 spiro atoms. The quantitative estimate of drug-likeness (QED) is 0.374. The molecule has 2 heterocycles. The number of carbonyl (C=O) groups is 2. The largest absolute Gasteiger partial charge is 0.497 e. The second-order valence-corrected chi connectivity index (χ2v) is 8.69. The van der Waals surface area contributed by atoms with Crippen LogP contribution in [0.25, 0.3) is 10.9 Å². The molecule has 3 N–H and O–H groups in total. The number of ether oxygens (including phenoxy) is 1. The number of methoxy groups -OCH3 is 1. The fraction of sp³-hybridized carbons (Fsp3) is 0.167. The van der Waals surface area contributed by atoms with Gasteiger partial charge in [-0.3, -0.25) is 14.2 Å². The monoisotopic (exact) mass is 479 g/mol. The Morgan fingerprint density at radius 3 is 2.50 bits per heavy atom. The lowest BCUT2D eigenvalue weighted by molar-refractivity contribution is 0.0702. The van der Waals surface area contributed by atoms with E-state index in [0.717, 1.165) is 21.5 Å². The number of aromatic amines is 1. The maximum Gasteiger partial charge on any atom is 0.345 e. The van der Waals surface area contributed by atoms with Crippen molar-refractivity contribution in [3.8, 4) is 5.75 Å². The topological polar surface area (TPSA) is 130 Å². The summed E-state index contributed by atoms with van der Waals surface area (Å²) in [6.07, 6.45) is 0. The van der Waals surface area contributed by atoms with Crippen LogP contribution in [-0.2, 0) is 6.54 Å². The van der Waals surface area contributed by atoms with Gasteiger partial charge in [-0.05, 0) is 55.0 Å². The van der Waals surface area contributed by atoms with Crippen LogP contribution in [0.4, 0.5) is 0 Å². The van der Waals surface area contributed by atoms with Gasteiger partial charge < -0.3 is 20.1 Å². The molecule has 34 heavy (non-hydrogen) atoms. The average molecular weight is 480 g/mol. The number of carboxylic acids is 1. The maximum absolute atomic E-state index is 13.2. The Morgan fingerprint density at radius 1 is 1.12 bits per heavy atom. The van der Waals surface area contributed by atoms with Crippen LogP contribution in [0.2, 0.25) is 0 Å². The number of hydrogen-bond donors (Lipinski definition) is 3. The van der Waals surface area contributed by atoms with Crippen molar-refractivity contribution in [3.63, 3.8) is 0 Å². The van der Waals surface area contributed by atoms with Crippen LogP contribution >= 0.6 is 11.3 Å². The molecule has 1 unspecified atom stereocenters. The van der Waals surface area contributed by atoms with E-state index in [1.165, 1.54) is 24.3 Å². The standard InChI is InChI=1S/C24H21N3O6S/c1-13(19-9-10-20(34-19)23(30)31)27-22(29)17-11-15(5-8-18(17)26-24(27)32)21(28)25-12-14-3-6-16(33-2)7-4-14/h3-11,13H,12H2,1-2H3,(H,25,28)(H,26,32)(H,30,31). The number of H-pyrrole nitrogens is 1. The summed E-state index contributed by atoms with van der Waals surface area (Å²) in [6.45, 7) is 1.93. The zero-order valence-electron chi connectivity index (χ0n) is 18.3. The van der Waals surface area contributed by atoms with Crippen LogP contribution in [0.3, 0.4) is 0 Å². The molecule has 4 aromatic rings. The van der Waals surface area contributed by atoms with Crippen molar-refractivity contribution in [2.75, 3.05) is 7.11 Å². The number of hydrogen-bond acceptors (Lipinski definition) is 6. The third-order valence-corrected chi connectivity index (χ3v) is 6.68. The number of thiophene rings is 1. The Kier molecular flexibility index (Phi) is 6.33. The fourth-order valence-electron chi connectivity index (χ4n) is 3.57. The lowest BCUT2D eigenvalue weighted by Gasteiger charge is -2.13. The number of nitrogens with zero attached hydrogens (tertiary/aromatic N) is 1. The Labute approximate surface area is 197 Å². The molecular weight excluding hydrogens is 458 g/mol. The van der Waals surface area contributed by atoms with Gasteiger partial charge in [-0.2, -0.15) is 0 Å². The van der Waals surface area contributed by atoms with E-state index in [-0.39, 0.29) is 28.3 Å². The number of fused-ring (bicyclic) bond motifs is 1. The summed E-state index contributed by atoms with van der Waals surface area (Å²) in [5.41, 5.74) is 0.275. The summed E-state index contributed by atoms with van der Waals surface area (Å²) in [7, 11) is 1.58. The van der Waals surface area contributed by atoms with Crippen molar-refractivity contribution < 1.29 is 19.4 Å². The van der Waals surface area contributed by atoms with Crippen LogP contribution in [0, 0.1) is 0 Å². The molecule has 0 saturated carbocycles. The van der Waals surface area contributed by atoms with Crippen LogP contribution < -0.4 is 21.3 Å². The third kappa shape index (κ3) is 4.48. The van der Waals surface area contributed by atoms with Gasteiger partial charge in [0.2, 0.25) is 0 Å². The van der Waals surface area contributed by atoms with E-state index in [0.29, 0.717) is 16.1 Å². The normalized spacial score (nSPS) is 11.8. The number of benzene rings is 2. The lowest BCUT2D eigenvalue weighted by atomic mass is 10.1. The molecule has 1 amide bonds. The number of rotatable bonds is 7. The fourth-order valence-corrected chi connectivity index (χ4v) is 4.46. The summed E-state index contributed by atoms with van der Waals surface area (Å²) in [5, 5.41) is 12.1. The number of aromatic nitrogens is 2. The minimum Gasteiger partial charge on any atom is -0.497 e. The van der Waals surface area contributed by atoms with Gasteiger partial charge in [0.05, 0.1) is 24.1 Å². The molecule has 4 rings (SSSR count). The molecule has 2 aromatic heterocycles. The van der Waals surface area contributed by atoms with Crippen LogP contribution in [-0.4, -0.2) is 33.6 Å². The van der Waals surface area contributed by atoms with Gasteiger partial charge in [0.15, 0.2) is 0 Å². The van der Waals surface area contributed by atoms with Gasteiger partial charge in [0.25, 0.3) is 11.5 Å². The molecule has 9 nitrogen and oxygen atoms in total. The van der Waals surface area contributed by atoms with Crippen molar-refractivity contribution in [2.45, 2.75) is 19.5 Å². The predicted octanol–water partition coefficient (Wildman–Crippen LogP) is 3.00. The van der Waals surface area contributed by atoms with E-state index in [1.807, 2.05) is 12.1 Å². The van der Waals surface area contributed by atoms with Gasteiger partial charge in [-0.15, -0.1) is 11.3 Å². The highest BCUT2D eigenvalue weighted by Crippen LogP contribution is 2.25. The number of nitrogens with one attached hydrogen (secondary N) is 2. The smallest absolute Gasteiger partial charge is 0.345 e. The van der Waals surface area contributed by atoms with E-state index in [4.69, 9.17) is 9.84 Å². The first-order valence-corrected chi connectivity index (χ1v) is 11.1. The molecular formula is C24H21N3O6S. The molecule has 1 atom stereocenters. The number of amides is 1. The maximum atomic E-state index is 13.2. The summed E-state index contributed by atoms with van der Waals surface area (Å²) in [4.78, 5) is 53.1. The number of aromatic carboxylic acids is 1. The third-order valence-electron chi connectivity index (χ3n) is 5.44.